The van der Waals surface area contributed by atoms with Gasteiger partial charge >= 0.3 is 0 Å². The summed E-state index contributed by atoms with van der Waals surface area (Å²) in [5.74, 6) is -0.0982. The second-order valence-electron chi connectivity index (χ2n) is 7.16. The third-order valence-corrected chi connectivity index (χ3v) is 6.45. The topological polar surface area (TPSA) is 49.4 Å². The lowest BCUT2D eigenvalue weighted by Crippen LogP contribution is -2.48. The number of carbonyl (C=O) groups excluding carboxylic acids is 2. The van der Waals surface area contributed by atoms with Gasteiger partial charge in [0.15, 0.2) is 0 Å². The molecule has 0 aliphatic carbocycles. The summed E-state index contributed by atoms with van der Waals surface area (Å²) in [6, 6.07) is 10.6. The van der Waals surface area contributed by atoms with Crippen LogP contribution in [0.3, 0.4) is 0 Å². The number of hydrogen-bond acceptors (Lipinski definition) is 3. The Kier molecular flexibility index (Phi) is 10.6. The van der Waals surface area contributed by atoms with Crippen molar-refractivity contribution in [2.75, 3.05) is 12.3 Å². The summed E-state index contributed by atoms with van der Waals surface area (Å²) in [5, 5.41) is 3.99. The van der Waals surface area contributed by atoms with E-state index in [1.807, 2.05) is 6.92 Å². The van der Waals surface area contributed by atoms with Crippen LogP contribution >= 0.6 is 35.0 Å². The Morgan fingerprint density at radius 1 is 1.13 bits per heavy atom. The number of unbranched alkanes of at least 4 members (excludes halogenated alkanes) is 1. The summed E-state index contributed by atoms with van der Waals surface area (Å²) in [6.07, 6.45) is 1.84. The molecule has 0 radical (unpaired) electrons. The lowest BCUT2D eigenvalue weighted by molar-refractivity contribution is -0.138. The lowest BCUT2D eigenvalue weighted by Gasteiger charge is -2.29. The summed E-state index contributed by atoms with van der Waals surface area (Å²) >= 11 is 13.8. The van der Waals surface area contributed by atoms with Crippen LogP contribution < -0.4 is 5.32 Å². The number of carbonyl (C=O) groups is 2. The van der Waals surface area contributed by atoms with Gasteiger partial charge in [-0.3, -0.25) is 9.59 Å². The van der Waals surface area contributed by atoms with Crippen LogP contribution in [0.2, 0.25) is 10.0 Å². The van der Waals surface area contributed by atoms with Gasteiger partial charge in [0, 0.05) is 28.9 Å². The second-order valence-corrected chi connectivity index (χ2v) is 8.96. The molecule has 0 saturated heterocycles. The fourth-order valence-electron chi connectivity index (χ4n) is 2.90. The number of amides is 2. The molecule has 2 aromatic rings. The predicted molar refractivity (Wildman–Crippen MR) is 127 cm³/mol. The molecule has 0 aromatic heterocycles. The Morgan fingerprint density at radius 3 is 2.39 bits per heavy atom. The van der Waals surface area contributed by atoms with Crippen molar-refractivity contribution in [3.05, 3.63) is 69.5 Å². The van der Waals surface area contributed by atoms with Crippen molar-refractivity contribution >= 4 is 46.8 Å². The Bertz CT molecular complexity index is 860. The summed E-state index contributed by atoms with van der Waals surface area (Å²) in [6.45, 7) is 4.54. The van der Waals surface area contributed by atoms with Gasteiger partial charge in [0.2, 0.25) is 11.8 Å². The summed E-state index contributed by atoms with van der Waals surface area (Å²) < 4.78 is 13.3. The van der Waals surface area contributed by atoms with Crippen molar-refractivity contribution in [2.45, 2.75) is 45.0 Å². The van der Waals surface area contributed by atoms with Gasteiger partial charge in [0.25, 0.3) is 0 Å². The molecule has 0 bridgehead atoms. The number of rotatable bonds is 11. The first kappa shape index (κ1) is 25.5. The van der Waals surface area contributed by atoms with E-state index < -0.39 is 6.04 Å². The molecule has 2 rings (SSSR count). The third-order valence-electron chi connectivity index (χ3n) is 4.80. The van der Waals surface area contributed by atoms with E-state index in [2.05, 4.69) is 5.32 Å². The fourth-order valence-corrected chi connectivity index (χ4v) is 4.55. The van der Waals surface area contributed by atoms with Gasteiger partial charge in [-0.1, -0.05) is 54.7 Å². The molecule has 0 fully saturated rings. The highest BCUT2D eigenvalue weighted by Gasteiger charge is 2.26. The van der Waals surface area contributed by atoms with Crippen molar-refractivity contribution in [3.63, 3.8) is 0 Å². The molecule has 0 aliphatic rings. The molecule has 4 nitrogen and oxygen atoms in total. The number of hydrogen-bond donors (Lipinski definition) is 1. The lowest BCUT2D eigenvalue weighted by atomic mass is 10.1. The van der Waals surface area contributed by atoms with Gasteiger partial charge < -0.3 is 10.2 Å². The third kappa shape index (κ3) is 8.02. The average Bonchev–Trinajstić information content (AvgIpc) is 2.75. The number of halogens is 3. The minimum Gasteiger partial charge on any atom is -0.354 e. The van der Waals surface area contributed by atoms with Crippen LogP contribution in [0.4, 0.5) is 4.39 Å². The Labute approximate surface area is 197 Å². The van der Waals surface area contributed by atoms with Gasteiger partial charge in [0.05, 0.1) is 5.75 Å². The maximum absolute atomic E-state index is 13.3. The van der Waals surface area contributed by atoms with Crippen LogP contribution in [0.25, 0.3) is 0 Å². The normalized spacial score (nSPS) is 11.8. The Balaban J connectivity index is 2.07. The maximum atomic E-state index is 13.3. The van der Waals surface area contributed by atoms with Crippen molar-refractivity contribution in [1.29, 1.82) is 0 Å². The van der Waals surface area contributed by atoms with Crippen LogP contribution in [0.5, 0.6) is 0 Å². The predicted octanol–water partition coefficient (Wildman–Crippen LogP) is 5.70. The average molecular weight is 485 g/mol. The molecule has 1 N–H and O–H groups in total. The fraction of sp³-hybridized carbons (Fsp3) is 0.391. The van der Waals surface area contributed by atoms with Crippen LogP contribution in [0.15, 0.2) is 42.5 Å². The van der Waals surface area contributed by atoms with Gasteiger partial charge in [-0.05, 0) is 48.7 Å². The molecule has 168 valence electrons. The van der Waals surface area contributed by atoms with Crippen molar-refractivity contribution < 1.29 is 14.0 Å². The molecule has 1 atom stereocenters. The molecule has 0 heterocycles. The molecule has 8 heteroatoms. The van der Waals surface area contributed by atoms with Crippen LogP contribution in [-0.4, -0.2) is 35.1 Å². The molecule has 2 amide bonds. The van der Waals surface area contributed by atoms with E-state index in [0.717, 1.165) is 24.0 Å². The molecule has 31 heavy (non-hydrogen) atoms. The molecular weight excluding hydrogens is 458 g/mol. The minimum absolute atomic E-state index is 0.162. The van der Waals surface area contributed by atoms with E-state index in [9.17, 15) is 14.0 Å². The van der Waals surface area contributed by atoms with E-state index in [1.165, 1.54) is 28.8 Å². The smallest absolute Gasteiger partial charge is 0.242 e. The number of nitrogens with zero attached hydrogens (tertiary/aromatic N) is 1. The first-order chi connectivity index (χ1) is 14.8. The second kappa shape index (κ2) is 12.9. The quantitative estimate of drug-likeness (QED) is 0.416. The highest BCUT2D eigenvalue weighted by atomic mass is 35.5. The summed E-state index contributed by atoms with van der Waals surface area (Å²) in [7, 11) is 0. The molecule has 0 aliphatic heterocycles. The Hall–Kier alpha value is -1.76. The molecule has 0 spiro atoms. The first-order valence-electron chi connectivity index (χ1n) is 10.2. The maximum Gasteiger partial charge on any atom is 0.242 e. The molecule has 2 aromatic carbocycles. The van der Waals surface area contributed by atoms with Gasteiger partial charge in [-0.2, -0.15) is 0 Å². The summed E-state index contributed by atoms with van der Waals surface area (Å²) in [4.78, 5) is 27.1. The van der Waals surface area contributed by atoms with Crippen LogP contribution in [0, 0.1) is 5.82 Å². The minimum atomic E-state index is -0.654. The zero-order valence-electron chi connectivity index (χ0n) is 17.7. The van der Waals surface area contributed by atoms with Crippen molar-refractivity contribution in [3.8, 4) is 0 Å². The molecule has 0 saturated carbocycles. The van der Waals surface area contributed by atoms with E-state index >= 15 is 0 Å². The number of nitrogens with one attached hydrogen (secondary N) is 1. The number of thioether (sulfide) groups is 1. The SMILES string of the molecule is CCCCNC(=O)[C@@H](C)N(Cc1ccc(F)cc1)C(=O)CSCc1c(Cl)cccc1Cl. The van der Waals surface area contributed by atoms with Crippen LogP contribution in [-0.2, 0) is 21.9 Å². The van der Waals surface area contributed by atoms with E-state index in [4.69, 9.17) is 23.2 Å². The molecule has 0 unspecified atom stereocenters. The van der Waals surface area contributed by atoms with E-state index in [0.29, 0.717) is 22.3 Å². The first-order valence-corrected chi connectivity index (χ1v) is 12.1. The summed E-state index contributed by atoms with van der Waals surface area (Å²) in [5.41, 5.74) is 1.53. The highest BCUT2D eigenvalue weighted by molar-refractivity contribution is 7.99. The van der Waals surface area contributed by atoms with Gasteiger partial charge in [0.1, 0.15) is 11.9 Å². The number of benzene rings is 2. The standard InChI is InChI=1S/C23H27Cl2FN2O2S/c1-3-4-12-27-23(30)16(2)28(13-17-8-10-18(26)11-9-17)22(29)15-31-14-19-20(24)6-5-7-21(19)25/h5-11,16H,3-4,12-15H2,1-2H3,(H,27,30)/t16-/m1/s1. The monoisotopic (exact) mass is 484 g/mol. The largest absolute Gasteiger partial charge is 0.354 e. The molecular formula is C23H27Cl2FN2O2S. The Morgan fingerprint density at radius 2 is 1.77 bits per heavy atom. The van der Waals surface area contributed by atoms with E-state index in [1.54, 1.807) is 37.3 Å². The van der Waals surface area contributed by atoms with Gasteiger partial charge in [-0.25, -0.2) is 4.39 Å². The highest BCUT2D eigenvalue weighted by Crippen LogP contribution is 2.28. The van der Waals surface area contributed by atoms with Crippen molar-refractivity contribution in [2.24, 2.45) is 0 Å². The zero-order valence-corrected chi connectivity index (χ0v) is 20.0. The van der Waals surface area contributed by atoms with Crippen LogP contribution in [0.1, 0.15) is 37.8 Å². The van der Waals surface area contributed by atoms with Crippen molar-refractivity contribution in [1.82, 2.24) is 10.2 Å². The van der Waals surface area contributed by atoms with E-state index in [-0.39, 0.29) is 29.9 Å². The zero-order chi connectivity index (χ0) is 22.8. The van der Waals surface area contributed by atoms with Gasteiger partial charge in [-0.15, -0.1) is 11.8 Å².